The maximum atomic E-state index is 4.83. The topological polar surface area (TPSA) is 12.0 Å². The van der Waals surface area contributed by atoms with E-state index in [1.165, 1.54) is 6.42 Å². The van der Waals surface area contributed by atoms with E-state index in [9.17, 15) is 0 Å². The van der Waals surface area contributed by atoms with E-state index >= 15 is 0 Å². The van der Waals surface area contributed by atoms with Crippen LogP contribution in [-0.4, -0.2) is 11.9 Å². The van der Waals surface area contributed by atoms with Crippen molar-refractivity contribution >= 4 is 12.6 Å². The van der Waals surface area contributed by atoms with Crippen LogP contribution in [0.4, 0.5) is 0 Å². The first kappa shape index (κ1) is 7.31. The third-order valence-corrected chi connectivity index (χ3v) is 0.848. The van der Waals surface area contributed by atoms with Gasteiger partial charge in [0.25, 0.3) is 0 Å². The molecule has 0 saturated heterocycles. The van der Waals surface area contributed by atoms with Crippen molar-refractivity contribution < 1.29 is 0 Å². The van der Waals surface area contributed by atoms with Crippen LogP contribution in [-0.2, 0) is 0 Å². The van der Waals surface area contributed by atoms with Crippen molar-refractivity contribution in [2.75, 3.05) is 6.54 Å². The molecule has 0 aromatic heterocycles. The molecule has 0 aliphatic carbocycles. The predicted octanol–water partition coefficient (Wildman–Crippen LogP) is 1.53. The average molecular weight is 118 g/mol. The van der Waals surface area contributed by atoms with E-state index in [0.29, 0.717) is 0 Å². The second-order valence-electron chi connectivity index (χ2n) is 1.60. The van der Waals surface area contributed by atoms with Crippen molar-refractivity contribution in [3.8, 4) is 0 Å². The molecule has 0 saturated carbocycles. The molecular formula is C5H12NS. The number of hydrogen-bond donors (Lipinski definition) is 1. The fourth-order valence-electron chi connectivity index (χ4n) is 0.348. The van der Waals surface area contributed by atoms with Crippen molar-refractivity contribution in [3.63, 3.8) is 0 Å². The summed E-state index contributed by atoms with van der Waals surface area (Å²) < 4.78 is 0. The fraction of sp³-hybridized carbons (Fsp3) is 1.00. The lowest BCUT2D eigenvalue weighted by molar-refractivity contribution is 0.674. The van der Waals surface area contributed by atoms with Gasteiger partial charge in [0.1, 0.15) is 0 Å². The Morgan fingerprint density at radius 1 is 1.71 bits per heavy atom. The van der Waals surface area contributed by atoms with Gasteiger partial charge in [-0.05, 0) is 19.9 Å². The summed E-state index contributed by atoms with van der Waals surface area (Å²) in [5, 5.41) is 3.35. The Kier molecular flexibility index (Phi) is 4.67. The first-order valence-corrected chi connectivity index (χ1v) is 3.13. The van der Waals surface area contributed by atoms with Gasteiger partial charge in [0, 0.05) is 0 Å². The highest BCUT2D eigenvalue weighted by Crippen LogP contribution is 1.84. The maximum absolute atomic E-state index is 4.83. The van der Waals surface area contributed by atoms with Crippen molar-refractivity contribution in [2.24, 2.45) is 0 Å². The summed E-state index contributed by atoms with van der Waals surface area (Å²) in [7, 11) is 0. The summed E-state index contributed by atoms with van der Waals surface area (Å²) in [6.07, 6.45) is 1.17. The van der Waals surface area contributed by atoms with Gasteiger partial charge in [-0.1, -0.05) is 19.6 Å². The van der Waals surface area contributed by atoms with Gasteiger partial charge in [-0.15, -0.1) is 0 Å². The highest BCUT2D eigenvalue weighted by atomic mass is 32.1. The minimum Gasteiger partial charge on any atom is -0.305 e. The fourth-order valence-corrected chi connectivity index (χ4v) is 0.465. The smallest absolute Gasteiger partial charge is 0.0608 e. The molecule has 1 unspecified atom stereocenters. The van der Waals surface area contributed by atoms with Crippen molar-refractivity contribution in [1.82, 2.24) is 5.32 Å². The summed E-state index contributed by atoms with van der Waals surface area (Å²) in [6, 6.07) is 0. The maximum Gasteiger partial charge on any atom is 0.0608 e. The van der Waals surface area contributed by atoms with Crippen LogP contribution >= 0.6 is 12.6 Å². The molecule has 0 aliphatic rings. The third kappa shape index (κ3) is 6.31. The minimum atomic E-state index is 0.236. The monoisotopic (exact) mass is 118 g/mol. The van der Waals surface area contributed by atoms with Crippen LogP contribution in [0, 0.1) is 0 Å². The first-order chi connectivity index (χ1) is 3.27. The summed E-state index contributed by atoms with van der Waals surface area (Å²) in [5.74, 6) is 0. The van der Waals surface area contributed by atoms with Crippen LogP contribution in [0.2, 0.25) is 0 Å². The van der Waals surface area contributed by atoms with Gasteiger partial charge in [-0.3, -0.25) is 0 Å². The lowest BCUT2D eigenvalue weighted by atomic mass is 10.5. The van der Waals surface area contributed by atoms with E-state index in [1.807, 2.05) is 6.92 Å². The molecule has 1 radical (unpaired) electrons. The Hall–Kier alpha value is 0.310. The molecule has 2 heteroatoms. The van der Waals surface area contributed by atoms with Crippen molar-refractivity contribution in [3.05, 3.63) is 0 Å². The summed E-state index contributed by atoms with van der Waals surface area (Å²) >= 11 is 4.83. The quantitative estimate of drug-likeness (QED) is 0.592. The van der Waals surface area contributed by atoms with E-state index < -0.39 is 0 Å². The average Bonchev–Trinajstić information content (AvgIpc) is 1.61. The van der Waals surface area contributed by atoms with Crippen LogP contribution in [0.25, 0.3) is 0 Å². The standard InChI is InChI=1S/C5H12NS/c1-3-4-6-5(2)7/h5-6H,3-4H2,1-2H3. The molecular weight excluding hydrogens is 106 g/mol. The number of nitrogens with one attached hydrogen (secondary N) is 1. The third-order valence-electron chi connectivity index (χ3n) is 0.682. The molecule has 0 rings (SSSR count). The van der Waals surface area contributed by atoms with Gasteiger partial charge in [0.15, 0.2) is 0 Å². The van der Waals surface area contributed by atoms with Crippen LogP contribution in [0.3, 0.4) is 0 Å². The van der Waals surface area contributed by atoms with Gasteiger partial charge in [0.2, 0.25) is 0 Å². The van der Waals surface area contributed by atoms with Crippen molar-refractivity contribution in [2.45, 2.75) is 25.6 Å². The Morgan fingerprint density at radius 2 is 2.29 bits per heavy atom. The summed E-state index contributed by atoms with van der Waals surface area (Å²) in [6.45, 7) is 5.15. The Labute approximate surface area is 50.9 Å². The zero-order valence-corrected chi connectivity index (χ0v) is 5.72. The Bertz CT molecular complexity index is 37.1. The molecule has 0 aromatic carbocycles. The molecule has 0 aromatic rings. The predicted molar refractivity (Wildman–Crippen MR) is 35.3 cm³/mol. The highest BCUT2D eigenvalue weighted by Gasteiger charge is 1.87. The first-order valence-electron chi connectivity index (χ1n) is 2.66. The Balaban J connectivity index is 2.68. The zero-order chi connectivity index (χ0) is 5.70. The highest BCUT2D eigenvalue weighted by molar-refractivity contribution is 7.80. The van der Waals surface area contributed by atoms with Gasteiger partial charge in [0.05, 0.1) is 5.37 Å². The zero-order valence-electron chi connectivity index (χ0n) is 4.90. The molecule has 0 aliphatic heterocycles. The van der Waals surface area contributed by atoms with Crippen LogP contribution in [0.15, 0.2) is 0 Å². The van der Waals surface area contributed by atoms with E-state index in [2.05, 4.69) is 12.2 Å². The number of hydrogen-bond acceptors (Lipinski definition) is 1. The van der Waals surface area contributed by atoms with Gasteiger partial charge < -0.3 is 5.32 Å². The van der Waals surface area contributed by atoms with Crippen molar-refractivity contribution in [1.29, 1.82) is 0 Å². The molecule has 1 nitrogen and oxygen atoms in total. The van der Waals surface area contributed by atoms with Crippen LogP contribution in [0.1, 0.15) is 20.3 Å². The largest absolute Gasteiger partial charge is 0.305 e. The summed E-state index contributed by atoms with van der Waals surface area (Å²) in [5.41, 5.74) is 0. The molecule has 0 heterocycles. The second kappa shape index (κ2) is 4.47. The van der Waals surface area contributed by atoms with Gasteiger partial charge in [-0.25, -0.2) is 0 Å². The Morgan fingerprint density at radius 3 is 2.43 bits per heavy atom. The molecule has 0 amide bonds. The lowest BCUT2D eigenvalue weighted by Crippen LogP contribution is -2.20. The lowest BCUT2D eigenvalue weighted by Gasteiger charge is -2.01. The number of rotatable bonds is 3. The van der Waals surface area contributed by atoms with Crippen LogP contribution in [0.5, 0.6) is 0 Å². The molecule has 0 bridgehead atoms. The molecule has 1 atom stereocenters. The van der Waals surface area contributed by atoms with Gasteiger partial charge in [-0.2, -0.15) is 0 Å². The van der Waals surface area contributed by atoms with E-state index in [0.717, 1.165) is 6.54 Å². The van der Waals surface area contributed by atoms with E-state index in [1.54, 1.807) is 0 Å². The molecule has 0 fully saturated rings. The van der Waals surface area contributed by atoms with Gasteiger partial charge >= 0.3 is 0 Å². The minimum absolute atomic E-state index is 0.236. The normalized spacial score (nSPS) is 14.1. The second-order valence-corrected chi connectivity index (χ2v) is 2.30. The molecule has 0 spiro atoms. The summed E-state index contributed by atoms with van der Waals surface area (Å²) in [4.78, 5) is 0. The SMILES string of the molecule is CCCNC(C)[S]. The molecule has 43 valence electrons. The van der Waals surface area contributed by atoms with Crippen LogP contribution < -0.4 is 5.32 Å². The van der Waals surface area contributed by atoms with E-state index in [4.69, 9.17) is 12.6 Å². The molecule has 1 N–H and O–H groups in total. The van der Waals surface area contributed by atoms with E-state index in [-0.39, 0.29) is 5.37 Å². The molecule has 7 heavy (non-hydrogen) atoms.